The number of aromatic amines is 1. The minimum atomic E-state index is -0.303. The Morgan fingerprint density at radius 2 is 2.56 bits per heavy atom. The molecule has 48 valence electrons. The predicted molar refractivity (Wildman–Crippen MR) is 33.8 cm³/mol. The number of hydrogen-bond acceptors (Lipinski definition) is 4. The molecule has 9 heavy (non-hydrogen) atoms. The molecule has 0 radical (unpaired) electrons. The molecule has 6 heteroatoms. The van der Waals surface area contributed by atoms with Crippen molar-refractivity contribution in [2.45, 2.75) is 0 Å². The molecule has 0 unspecified atom stereocenters. The molecule has 1 aromatic heterocycles. The summed E-state index contributed by atoms with van der Waals surface area (Å²) in [5.74, 6) is -0.294. The Morgan fingerprint density at radius 3 is 2.78 bits per heavy atom. The van der Waals surface area contributed by atoms with Crippen molar-refractivity contribution in [3.63, 3.8) is 0 Å². The van der Waals surface area contributed by atoms with Crippen molar-refractivity contribution >= 4 is 17.4 Å². The quantitative estimate of drug-likeness (QED) is 0.352. The second-order valence-electron chi connectivity index (χ2n) is 1.35. The van der Waals surface area contributed by atoms with Crippen molar-refractivity contribution in [2.75, 3.05) is 0 Å². The minimum Gasteiger partial charge on any atom is -0.382 e. The van der Waals surface area contributed by atoms with Crippen LogP contribution in [0.25, 0.3) is 0 Å². The van der Waals surface area contributed by atoms with Gasteiger partial charge in [0.1, 0.15) is 5.84 Å². The van der Waals surface area contributed by atoms with Gasteiger partial charge in [-0.25, -0.2) is 4.49 Å². The van der Waals surface area contributed by atoms with Gasteiger partial charge >= 0.3 is 0 Å². The fourth-order valence-corrected chi connectivity index (χ4v) is 0.846. The molecule has 0 aliphatic carbocycles. The number of hydrogen-bond donors (Lipinski definition) is 3. The summed E-state index contributed by atoms with van der Waals surface area (Å²) >= 11 is 0.820. The molecule has 0 fully saturated rings. The number of nitrogens with one attached hydrogen (secondary N) is 2. The van der Waals surface area contributed by atoms with Gasteiger partial charge in [-0.05, 0) is 0 Å². The first-order chi connectivity index (χ1) is 4.22. The first-order valence-electron chi connectivity index (χ1n) is 2.10. The van der Waals surface area contributed by atoms with E-state index in [1.807, 2.05) is 0 Å². The molecular formula is C3H4N4OS. The SMILES string of the molecule is N=C(N)c1n[nH]sc1=O. The van der Waals surface area contributed by atoms with Crippen LogP contribution in [-0.4, -0.2) is 15.4 Å². The standard InChI is InChI=1S/C3H4N4OS/c4-2(5)1-3(8)9-7-6-1/h7H,(H3,4,5). The lowest BCUT2D eigenvalue weighted by molar-refractivity contribution is 1.12. The summed E-state index contributed by atoms with van der Waals surface area (Å²) in [7, 11) is 0. The molecule has 5 nitrogen and oxygen atoms in total. The average Bonchev–Trinajstić information content (AvgIpc) is 2.13. The topological polar surface area (TPSA) is 95.6 Å². The summed E-state index contributed by atoms with van der Waals surface area (Å²) < 4.78 is 2.03. The van der Waals surface area contributed by atoms with Crippen molar-refractivity contribution in [1.82, 2.24) is 9.59 Å². The molecule has 0 aliphatic rings. The highest BCUT2D eigenvalue weighted by molar-refractivity contribution is 7.03. The average molecular weight is 144 g/mol. The maximum Gasteiger partial charge on any atom is 0.280 e. The van der Waals surface area contributed by atoms with Crippen LogP contribution in [0.2, 0.25) is 0 Å². The third-order valence-corrected chi connectivity index (χ3v) is 1.31. The molecular weight excluding hydrogens is 140 g/mol. The van der Waals surface area contributed by atoms with Gasteiger partial charge in [-0.15, -0.1) is 0 Å². The van der Waals surface area contributed by atoms with Crippen molar-refractivity contribution in [2.24, 2.45) is 5.73 Å². The number of H-pyrrole nitrogens is 1. The number of amidine groups is 1. The van der Waals surface area contributed by atoms with Crippen LogP contribution >= 0.6 is 11.5 Å². The Balaban J connectivity index is 3.24. The first-order valence-corrected chi connectivity index (χ1v) is 2.91. The van der Waals surface area contributed by atoms with E-state index in [4.69, 9.17) is 11.1 Å². The minimum absolute atomic E-state index is 0.000000000000000222. The third kappa shape index (κ3) is 0.968. The fraction of sp³-hybridized carbons (Fsp3) is 0. The Bertz CT molecular complexity index is 273. The van der Waals surface area contributed by atoms with E-state index >= 15 is 0 Å². The van der Waals surface area contributed by atoms with Crippen molar-refractivity contribution in [3.8, 4) is 0 Å². The Morgan fingerprint density at radius 1 is 1.89 bits per heavy atom. The summed E-state index contributed by atoms with van der Waals surface area (Å²) in [6.45, 7) is 0. The predicted octanol–water partition coefficient (Wildman–Crippen LogP) is -0.885. The molecule has 1 rings (SSSR count). The molecule has 0 saturated carbocycles. The van der Waals surface area contributed by atoms with Gasteiger partial charge < -0.3 is 5.73 Å². The van der Waals surface area contributed by atoms with E-state index in [1.54, 1.807) is 0 Å². The van der Waals surface area contributed by atoms with E-state index in [1.165, 1.54) is 0 Å². The van der Waals surface area contributed by atoms with Gasteiger partial charge in [0.15, 0.2) is 5.69 Å². The van der Waals surface area contributed by atoms with Crippen LogP contribution in [0.5, 0.6) is 0 Å². The van der Waals surface area contributed by atoms with Gasteiger partial charge in [0.05, 0.1) is 0 Å². The van der Waals surface area contributed by atoms with E-state index in [-0.39, 0.29) is 16.3 Å². The Hall–Kier alpha value is -1.17. The molecule has 0 amide bonds. The Kier molecular flexibility index (Phi) is 1.31. The van der Waals surface area contributed by atoms with Gasteiger partial charge in [0.25, 0.3) is 4.74 Å². The lowest BCUT2D eigenvalue weighted by Crippen LogP contribution is -2.18. The monoisotopic (exact) mass is 144 g/mol. The molecule has 1 heterocycles. The highest BCUT2D eigenvalue weighted by atomic mass is 32.1. The third-order valence-electron chi connectivity index (χ3n) is 0.744. The van der Waals surface area contributed by atoms with E-state index in [0.717, 1.165) is 11.5 Å². The maximum atomic E-state index is 10.6. The van der Waals surface area contributed by atoms with Crippen molar-refractivity contribution in [1.29, 1.82) is 5.41 Å². The zero-order valence-electron chi connectivity index (χ0n) is 4.34. The van der Waals surface area contributed by atoms with E-state index in [9.17, 15) is 4.79 Å². The number of nitrogen functional groups attached to an aromatic ring is 1. The van der Waals surface area contributed by atoms with Crippen LogP contribution in [0, 0.1) is 5.41 Å². The summed E-state index contributed by atoms with van der Waals surface area (Å²) in [5.41, 5.74) is 4.97. The molecule has 1 aromatic rings. The fourth-order valence-electron chi connectivity index (χ4n) is 0.374. The number of nitrogens with zero attached hydrogens (tertiary/aromatic N) is 1. The lowest BCUT2D eigenvalue weighted by Gasteiger charge is -1.81. The van der Waals surface area contributed by atoms with Crippen molar-refractivity contribution < 1.29 is 0 Å². The zero-order valence-corrected chi connectivity index (χ0v) is 5.16. The van der Waals surface area contributed by atoms with Crippen LogP contribution in [0.4, 0.5) is 0 Å². The van der Waals surface area contributed by atoms with E-state index in [2.05, 4.69) is 9.59 Å². The van der Waals surface area contributed by atoms with Crippen molar-refractivity contribution in [3.05, 3.63) is 15.2 Å². The second kappa shape index (κ2) is 1.98. The molecule has 0 saturated heterocycles. The number of aromatic nitrogens is 2. The van der Waals surface area contributed by atoms with Gasteiger partial charge in [0, 0.05) is 11.5 Å². The highest BCUT2D eigenvalue weighted by Gasteiger charge is 2.03. The highest BCUT2D eigenvalue weighted by Crippen LogP contribution is 1.82. The summed E-state index contributed by atoms with van der Waals surface area (Å²) in [5, 5.41) is 10.2. The lowest BCUT2D eigenvalue weighted by atomic mass is 10.5. The smallest absolute Gasteiger partial charge is 0.280 e. The van der Waals surface area contributed by atoms with Crippen LogP contribution < -0.4 is 10.5 Å². The maximum absolute atomic E-state index is 10.6. The Labute approximate surface area is 54.2 Å². The zero-order chi connectivity index (χ0) is 6.85. The molecule has 4 N–H and O–H groups in total. The van der Waals surface area contributed by atoms with E-state index in [0.29, 0.717) is 0 Å². The normalized spacial score (nSPS) is 9.33. The number of nitrogens with two attached hydrogens (primary N) is 1. The molecule has 0 aliphatic heterocycles. The largest absolute Gasteiger partial charge is 0.382 e. The molecule has 0 atom stereocenters. The first kappa shape index (κ1) is 5.96. The second-order valence-corrected chi connectivity index (χ2v) is 2.11. The summed E-state index contributed by atoms with van der Waals surface area (Å²) in [4.78, 5) is 10.6. The summed E-state index contributed by atoms with van der Waals surface area (Å²) in [6, 6.07) is 0. The van der Waals surface area contributed by atoms with Crippen LogP contribution in [0.1, 0.15) is 5.69 Å². The van der Waals surface area contributed by atoms with E-state index < -0.39 is 0 Å². The van der Waals surface area contributed by atoms with Gasteiger partial charge in [-0.1, -0.05) is 0 Å². The number of rotatable bonds is 1. The molecule has 0 spiro atoms. The molecule has 0 aromatic carbocycles. The van der Waals surface area contributed by atoms with Gasteiger partial charge in [0.2, 0.25) is 0 Å². The van der Waals surface area contributed by atoms with Crippen LogP contribution in [0.3, 0.4) is 0 Å². The van der Waals surface area contributed by atoms with Crippen LogP contribution in [-0.2, 0) is 0 Å². The van der Waals surface area contributed by atoms with Crippen LogP contribution in [0.15, 0.2) is 4.79 Å². The summed E-state index contributed by atoms with van der Waals surface area (Å²) in [6.07, 6.45) is 0. The van der Waals surface area contributed by atoms with Gasteiger partial charge in [-0.3, -0.25) is 10.2 Å². The molecule has 0 bridgehead atoms. The van der Waals surface area contributed by atoms with Gasteiger partial charge in [-0.2, -0.15) is 5.10 Å².